The molecule has 1 fully saturated rings. The van der Waals surface area contributed by atoms with E-state index < -0.39 is 0 Å². The number of nitrogens with zero attached hydrogens (tertiary/aromatic N) is 4. The van der Waals surface area contributed by atoms with E-state index in [0.717, 1.165) is 25.0 Å². The minimum Gasteiger partial charge on any atom is -0.330 e. The van der Waals surface area contributed by atoms with Gasteiger partial charge in [-0.3, -0.25) is 19.5 Å². The quantitative estimate of drug-likeness (QED) is 0.741. The first kappa shape index (κ1) is 17.3. The Labute approximate surface area is 155 Å². The molecule has 8 heteroatoms. The predicted octanol–water partition coefficient (Wildman–Crippen LogP) is 1.40. The summed E-state index contributed by atoms with van der Waals surface area (Å²) in [4.78, 5) is 43.1. The highest BCUT2D eigenvalue weighted by atomic mass is 16.2. The van der Waals surface area contributed by atoms with Crippen LogP contribution < -0.4 is 11.1 Å². The van der Waals surface area contributed by atoms with E-state index >= 15 is 0 Å². The lowest BCUT2D eigenvalue weighted by Crippen LogP contribution is -2.39. The molecule has 140 valence electrons. The summed E-state index contributed by atoms with van der Waals surface area (Å²) in [7, 11) is 1.63. The fourth-order valence-electron chi connectivity index (χ4n) is 3.68. The molecule has 0 saturated carbocycles. The van der Waals surface area contributed by atoms with Crippen LogP contribution in [0, 0.1) is 6.92 Å². The van der Waals surface area contributed by atoms with E-state index in [2.05, 4.69) is 10.1 Å². The molecule has 1 amide bonds. The maximum absolute atomic E-state index is 13.1. The molecule has 3 aromatic heterocycles. The standard InChI is InChI=1S/C19H21N5O3/c1-12-9-18(26)24-16(20-12)10-14(21-24)15-5-3-4-8-23(15)19(27)13-6-7-17(25)22(2)11-13/h6-7,9-11,15,21H,3-5,8H2,1-2H3/t15-/m0/s1. The van der Waals surface area contributed by atoms with E-state index in [9.17, 15) is 14.4 Å². The van der Waals surface area contributed by atoms with Crippen LogP contribution in [0.2, 0.25) is 0 Å². The first-order valence-corrected chi connectivity index (χ1v) is 9.01. The summed E-state index contributed by atoms with van der Waals surface area (Å²) in [6.07, 6.45) is 4.29. The number of aromatic amines is 1. The number of aryl methyl sites for hydroxylation is 2. The van der Waals surface area contributed by atoms with Gasteiger partial charge in [-0.2, -0.15) is 0 Å². The van der Waals surface area contributed by atoms with E-state index in [-0.39, 0.29) is 23.1 Å². The van der Waals surface area contributed by atoms with Gasteiger partial charge in [0, 0.05) is 43.7 Å². The van der Waals surface area contributed by atoms with Gasteiger partial charge in [0.2, 0.25) is 5.56 Å². The molecule has 1 N–H and O–H groups in total. The maximum atomic E-state index is 13.1. The number of likely N-dealkylation sites (tertiary alicyclic amines) is 1. The number of carbonyl (C=O) groups is 1. The third-order valence-corrected chi connectivity index (χ3v) is 5.05. The first-order valence-electron chi connectivity index (χ1n) is 9.01. The van der Waals surface area contributed by atoms with Crippen molar-refractivity contribution in [3.8, 4) is 0 Å². The molecule has 0 aromatic carbocycles. The molecule has 0 bridgehead atoms. The Hall–Kier alpha value is -3.16. The number of amides is 1. The van der Waals surface area contributed by atoms with Crippen LogP contribution in [0.3, 0.4) is 0 Å². The lowest BCUT2D eigenvalue weighted by atomic mass is 9.98. The lowest BCUT2D eigenvalue weighted by Gasteiger charge is -2.35. The highest BCUT2D eigenvalue weighted by Crippen LogP contribution is 2.31. The molecule has 27 heavy (non-hydrogen) atoms. The van der Waals surface area contributed by atoms with Crippen LogP contribution in [0.4, 0.5) is 0 Å². The molecule has 0 spiro atoms. The van der Waals surface area contributed by atoms with Crippen LogP contribution in [0.5, 0.6) is 0 Å². The number of aromatic nitrogens is 4. The zero-order valence-corrected chi connectivity index (χ0v) is 15.3. The summed E-state index contributed by atoms with van der Waals surface area (Å²) in [6.45, 7) is 2.41. The fourth-order valence-corrected chi connectivity index (χ4v) is 3.68. The predicted molar refractivity (Wildman–Crippen MR) is 99.9 cm³/mol. The van der Waals surface area contributed by atoms with Gasteiger partial charge >= 0.3 is 0 Å². The zero-order chi connectivity index (χ0) is 19.1. The van der Waals surface area contributed by atoms with E-state index in [1.54, 1.807) is 26.2 Å². The molecular formula is C19H21N5O3. The Kier molecular flexibility index (Phi) is 4.18. The van der Waals surface area contributed by atoms with E-state index in [1.165, 1.54) is 21.2 Å². The van der Waals surface area contributed by atoms with Gasteiger partial charge in [0.25, 0.3) is 11.5 Å². The SMILES string of the molecule is Cc1cc(=O)n2[nH]c([C@@H]3CCCCN3C(=O)c3ccc(=O)n(C)c3)cc2n1. The smallest absolute Gasteiger partial charge is 0.272 e. The number of carbonyl (C=O) groups excluding carboxylic acids is 1. The number of piperidine rings is 1. The second kappa shape index (κ2) is 6.53. The number of hydrogen-bond donors (Lipinski definition) is 1. The molecule has 0 radical (unpaired) electrons. The third kappa shape index (κ3) is 3.07. The van der Waals surface area contributed by atoms with E-state index in [0.29, 0.717) is 23.4 Å². The van der Waals surface area contributed by atoms with Crippen molar-refractivity contribution in [1.29, 1.82) is 0 Å². The van der Waals surface area contributed by atoms with Gasteiger partial charge in [0.05, 0.1) is 17.3 Å². The number of hydrogen-bond acceptors (Lipinski definition) is 4. The van der Waals surface area contributed by atoms with Crippen LogP contribution >= 0.6 is 0 Å². The largest absolute Gasteiger partial charge is 0.330 e. The van der Waals surface area contributed by atoms with Crippen molar-refractivity contribution in [2.75, 3.05) is 6.54 Å². The molecular weight excluding hydrogens is 346 g/mol. The molecule has 0 unspecified atom stereocenters. The Balaban J connectivity index is 1.73. The van der Waals surface area contributed by atoms with Crippen LogP contribution in [-0.4, -0.2) is 36.5 Å². The minimum atomic E-state index is -0.171. The van der Waals surface area contributed by atoms with Crippen LogP contribution in [0.25, 0.3) is 5.65 Å². The lowest BCUT2D eigenvalue weighted by molar-refractivity contribution is 0.0604. The monoisotopic (exact) mass is 367 g/mol. The zero-order valence-electron chi connectivity index (χ0n) is 15.3. The van der Waals surface area contributed by atoms with Crippen LogP contribution in [0.1, 0.15) is 47.1 Å². The van der Waals surface area contributed by atoms with Crippen molar-refractivity contribution in [3.63, 3.8) is 0 Å². The highest BCUT2D eigenvalue weighted by Gasteiger charge is 2.30. The molecule has 3 aromatic rings. The second-order valence-corrected chi connectivity index (χ2v) is 7.02. The summed E-state index contributed by atoms with van der Waals surface area (Å²) < 4.78 is 2.81. The van der Waals surface area contributed by atoms with E-state index in [1.807, 2.05) is 11.0 Å². The summed E-state index contributed by atoms with van der Waals surface area (Å²) in [6, 6.07) is 6.12. The summed E-state index contributed by atoms with van der Waals surface area (Å²) in [5.41, 5.74) is 2.16. The van der Waals surface area contributed by atoms with Gasteiger partial charge in [-0.25, -0.2) is 9.50 Å². The number of pyridine rings is 1. The first-order chi connectivity index (χ1) is 12.9. The Morgan fingerprint density at radius 1 is 1.19 bits per heavy atom. The van der Waals surface area contributed by atoms with Crippen molar-refractivity contribution in [2.45, 2.75) is 32.2 Å². The second-order valence-electron chi connectivity index (χ2n) is 7.02. The van der Waals surface area contributed by atoms with Crippen molar-refractivity contribution in [3.05, 3.63) is 68.1 Å². The van der Waals surface area contributed by atoms with Crippen LogP contribution in [-0.2, 0) is 7.05 Å². The molecule has 4 rings (SSSR count). The summed E-state index contributed by atoms with van der Waals surface area (Å²) in [5, 5.41) is 3.11. The van der Waals surface area contributed by atoms with Crippen molar-refractivity contribution in [1.82, 2.24) is 24.1 Å². The van der Waals surface area contributed by atoms with Gasteiger partial charge in [-0.05, 0) is 32.3 Å². The average molecular weight is 367 g/mol. The summed E-state index contributed by atoms with van der Waals surface area (Å²) in [5.74, 6) is -0.120. The van der Waals surface area contributed by atoms with Gasteiger partial charge in [-0.1, -0.05) is 0 Å². The van der Waals surface area contributed by atoms with Crippen LogP contribution in [0.15, 0.2) is 40.1 Å². The maximum Gasteiger partial charge on any atom is 0.272 e. The number of H-pyrrole nitrogens is 1. The third-order valence-electron chi connectivity index (χ3n) is 5.05. The Morgan fingerprint density at radius 2 is 2.00 bits per heavy atom. The van der Waals surface area contributed by atoms with Crippen molar-refractivity contribution >= 4 is 11.6 Å². The van der Waals surface area contributed by atoms with Gasteiger partial charge in [-0.15, -0.1) is 0 Å². The Morgan fingerprint density at radius 3 is 2.78 bits per heavy atom. The molecule has 4 heterocycles. The number of rotatable bonds is 2. The Bertz CT molecular complexity index is 1140. The average Bonchev–Trinajstić information content (AvgIpc) is 3.07. The van der Waals surface area contributed by atoms with Gasteiger partial charge in [0.1, 0.15) is 0 Å². The number of nitrogens with one attached hydrogen (secondary N) is 1. The van der Waals surface area contributed by atoms with Gasteiger partial charge < -0.3 is 9.47 Å². The minimum absolute atomic E-state index is 0.120. The molecule has 8 nitrogen and oxygen atoms in total. The summed E-state index contributed by atoms with van der Waals surface area (Å²) >= 11 is 0. The van der Waals surface area contributed by atoms with E-state index in [4.69, 9.17) is 0 Å². The van der Waals surface area contributed by atoms with Gasteiger partial charge in [0.15, 0.2) is 5.65 Å². The number of fused-ring (bicyclic) bond motifs is 1. The molecule has 1 aliphatic rings. The molecule has 0 aliphatic carbocycles. The van der Waals surface area contributed by atoms with Crippen molar-refractivity contribution in [2.24, 2.45) is 7.05 Å². The highest BCUT2D eigenvalue weighted by molar-refractivity contribution is 5.94. The fraction of sp³-hybridized carbons (Fsp3) is 0.368. The normalized spacial score (nSPS) is 17.4. The van der Waals surface area contributed by atoms with Crippen molar-refractivity contribution < 1.29 is 4.79 Å². The molecule has 1 saturated heterocycles. The topological polar surface area (TPSA) is 92.5 Å². The molecule has 1 aliphatic heterocycles. The molecule has 1 atom stereocenters.